The van der Waals surface area contributed by atoms with E-state index in [0.29, 0.717) is 11.5 Å². The first-order valence-corrected chi connectivity index (χ1v) is 5.17. The lowest BCUT2D eigenvalue weighted by Crippen LogP contribution is -1.82. The molecule has 2 aromatic rings. The molecule has 1 aromatic carbocycles. The second-order valence-corrected chi connectivity index (χ2v) is 4.29. The van der Waals surface area contributed by atoms with E-state index in [-0.39, 0.29) is 0 Å². The Morgan fingerprint density at radius 2 is 2.33 bits per heavy atom. The van der Waals surface area contributed by atoms with Gasteiger partial charge >= 0.3 is 0 Å². The quantitative estimate of drug-likeness (QED) is 0.763. The molecule has 1 aliphatic carbocycles. The Morgan fingerprint density at radius 3 is 3.00 bits per heavy atom. The molecule has 1 aliphatic rings. The Kier molecular flexibility index (Phi) is 1.60. The lowest BCUT2D eigenvalue weighted by atomic mass is 10.2. The zero-order valence-corrected chi connectivity index (χ0v) is 8.49. The number of nitriles is 1. The van der Waals surface area contributed by atoms with Crippen LogP contribution in [-0.2, 0) is 0 Å². The molecule has 0 aliphatic heterocycles. The van der Waals surface area contributed by atoms with Crippen molar-refractivity contribution in [2.24, 2.45) is 5.92 Å². The van der Waals surface area contributed by atoms with Gasteiger partial charge in [-0.05, 0) is 30.5 Å². The van der Waals surface area contributed by atoms with Crippen LogP contribution in [0.4, 0.5) is 0 Å². The number of fused-ring (bicyclic) bond motifs is 1. The Bertz CT molecular complexity index is 562. The van der Waals surface area contributed by atoms with E-state index < -0.39 is 0 Å². The highest BCUT2D eigenvalue weighted by molar-refractivity contribution is 5.76. The first kappa shape index (κ1) is 8.49. The van der Waals surface area contributed by atoms with Crippen LogP contribution in [0.25, 0.3) is 11.0 Å². The molecule has 1 N–H and O–H groups in total. The number of imidazole rings is 1. The molecule has 3 heteroatoms. The summed E-state index contributed by atoms with van der Waals surface area (Å²) < 4.78 is 0. The van der Waals surface area contributed by atoms with E-state index >= 15 is 0 Å². The molecule has 74 valence electrons. The SMILES string of the molecule is CC1CC1c1nc2ccc(C#N)cc2[nH]1. The van der Waals surface area contributed by atoms with E-state index in [0.717, 1.165) is 22.8 Å². The standard InChI is InChI=1S/C12H11N3/c1-7-4-9(7)12-14-10-3-2-8(6-13)5-11(10)15-12/h2-3,5,7,9H,4H2,1H3,(H,14,15). The Hall–Kier alpha value is -1.82. The van der Waals surface area contributed by atoms with Crippen LogP contribution in [0.1, 0.15) is 30.7 Å². The zero-order chi connectivity index (χ0) is 10.4. The minimum Gasteiger partial charge on any atom is -0.342 e. The maximum absolute atomic E-state index is 8.78. The Labute approximate surface area is 87.8 Å². The number of aromatic nitrogens is 2. The third kappa shape index (κ3) is 1.30. The summed E-state index contributed by atoms with van der Waals surface area (Å²) in [7, 11) is 0. The molecule has 1 saturated carbocycles. The van der Waals surface area contributed by atoms with Gasteiger partial charge in [-0.15, -0.1) is 0 Å². The molecule has 3 rings (SSSR count). The second kappa shape index (κ2) is 2.83. The number of aromatic amines is 1. The molecule has 3 nitrogen and oxygen atoms in total. The fourth-order valence-corrected chi connectivity index (χ4v) is 1.98. The normalized spacial score (nSPS) is 24.0. The number of nitrogens with zero attached hydrogens (tertiary/aromatic N) is 2. The molecule has 1 aromatic heterocycles. The highest BCUT2D eigenvalue weighted by Gasteiger charge is 2.36. The molecule has 1 fully saturated rings. The third-order valence-corrected chi connectivity index (χ3v) is 3.09. The van der Waals surface area contributed by atoms with Crippen LogP contribution in [0.5, 0.6) is 0 Å². The van der Waals surface area contributed by atoms with E-state index in [9.17, 15) is 0 Å². The highest BCUT2D eigenvalue weighted by atomic mass is 14.9. The van der Waals surface area contributed by atoms with Gasteiger partial charge in [-0.3, -0.25) is 0 Å². The van der Waals surface area contributed by atoms with E-state index in [1.165, 1.54) is 6.42 Å². The van der Waals surface area contributed by atoms with Crippen molar-refractivity contribution < 1.29 is 0 Å². The van der Waals surface area contributed by atoms with Crippen LogP contribution in [-0.4, -0.2) is 9.97 Å². The van der Waals surface area contributed by atoms with Gasteiger partial charge in [0.2, 0.25) is 0 Å². The minimum absolute atomic E-state index is 0.600. The first-order chi connectivity index (χ1) is 7.28. The first-order valence-electron chi connectivity index (χ1n) is 5.17. The van der Waals surface area contributed by atoms with Crippen molar-refractivity contribution >= 4 is 11.0 Å². The molecule has 15 heavy (non-hydrogen) atoms. The van der Waals surface area contributed by atoms with Crippen molar-refractivity contribution in [3.05, 3.63) is 29.6 Å². The largest absolute Gasteiger partial charge is 0.342 e. The van der Waals surface area contributed by atoms with Crippen LogP contribution in [0, 0.1) is 17.2 Å². The van der Waals surface area contributed by atoms with Gasteiger partial charge in [-0.25, -0.2) is 4.98 Å². The summed E-state index contributed by atoms with van der Waals surface area (Å²) in [5, 5.41) is 8.78. The predicted octanol–water partition coefficient (Wildman–Crippen LogP) is 2.56. The van der Waals surface area contributed by atoms with E-state index in [1.54, 1.807) is 0 Å². The number of benzene rings is 1. The number of nitrogens with one attached hydrogen (secondary N) is 1. The van der Waals surface area contributed by atoms with Crippen LogP contribution in [0.3, 0.4) is 0 Å². The molecule has 1 heterocycles. The molecule has 0 bridgehead atoms. The molecule has 2 atom stereocenters. The van der Waals surface area contributed by atoms with Gasteiger partial charge in [0.15, 0.2) is 0 Å². The average molecular weight is 197 g/mol. The lowest BCUT2D eigenvalue weighted by Gasteiger charge is -1.88. The number of hydrogen-bond donors (Lipinski definition) is 1. The van der Waals surface area contributed by atoms with Gasteiger partial charge in [-0.2, -0.15) is 5.26 Å². The monoisotopic (exact) mass is 197 g/mol. The Morgan fingerprint density at radius 1 is 1.53 bits per heavy atom. The van der Waals surface area contributed by atoms with Crippen molar-refractivity contribution in [1.82, 2.24) is 9.97 Å². The topological polar surface area (TPSA) is 52.5 Å². The second-order valence-electron chi connectivity index (χ2n) is 4.29. The summed E-state index contributed by atoms with van der Waals surface area (Å²) in [5.74, 6) is 2.43. The molecule has 0 radical (unpaired) electrons. The van der Waals surface area contributed by atoms with Gasteiger partial charge in [-0.1, -0.05) is 6.92 Å². The van der Waals surface area contributed by atoms with Crippen molar-refractivity contribution in [3.63, 3.8) is 0 Å². The fraction of sp³-hybridized carbons (Fsp3) is 0.333. The van der Waals surface area contributed by atoms with Crippen molar-refractivity contribution in [1.29, 1.82) is 5.26 Å². The fourth-order valence-electron chi connectivity index (χ4n) is 1.98. The molecule has 0 spiro atoms. The average Bonchev–Trinajstić information content (AvgIpc) is 2.83. The smallest absolute Gasteiger partial charge is 0.110 e. The van der Waals surface area contributed by atoms with Crippen LogP contribution in [0.2, 0.25) is 0 Å². The number of hydrogen-bond acceptors (Lipinski definition) is 2. The summed E-state index contributed by atoms with van der Waals surface area (Å²) in [6.07, 6.45) is 1.23. The van der Waals surface area contributed by atoms with E-state index in [2.05, 4.69) is 23.0 Å². The van der Waals surface area contributed by atoms with Crippen molar-refractivity contribution in [3.8, 4) is 6.07 Å². The van der Waals surface area contributed by atoms with Gasteiger partial charge < -0.3 is 4.98 Å². The number of rotatable bonds is 1. The van der Waals surface area contributed by atoms with Gasteiger partial charge in [0.25, 0.3) is 0 Å². The molecule has 2 unspecified atom stereocenters. The maximum atomic E-state index is 8.78. The summed E-state index contributed by atoms with van der Waals surface area (Å²) >= 11 is 0. The summed E-state index contributed by atoms with van der Waals surface area (Å²) in [6, 6.07) is 7.71. The van der Waals surface area contributed by atoms with Crippen LogP contribution < -0.4 is 0 Å². The van der Waals surface area contributed by atoms with E-state index in [4.69, 9.17) is 5.26 Å². The molecule has 0 saturated heterocycles. The summed E-state index contributed by atoms with van der Waals surface area (Å²) in [6.45, 7) is 2.23. The maximum Gasteiger partial charge on any atom is 0.110 e. The van der Waals surface area contributed by atoms with Crippen LogP contribution >= 0.6 is 0 Å². The Balaban J connectivity index is 2.10. The predicted molar refractivity (Wildman–Crippen MR) is 57.3 cm³/mol. The van der Waals surface area contributed by atoms with Gasteiger partial charge in [0, 0.05) is 5.92 Å². The summed E-state index contributed by atoms with van der Waals surface area (Å²) in [4.78, 5) is 7.84. The van der Waals surface area contributed by atoms with Gasteiger partial charge in [0.1, 0.15) is 5.82 Å². The van der Waals surface area contributed by atoms with Crippen molar-refractivity contribution in [2.45, 2.75) is 19.3 Å². The molecular weight excluding hydrogens is 186 g/mol. The lowest BCUT2D eigenvalue weighted by molar-refractivity contribution is 0.867. The third-order valence-electron chi connectivity index (χ3n) is 3.09. The zero-order valence-electron chi connectivity index (χ0n) is 8.49. The molecular formula is C12H11N3. The van der Waals surface area contributed by atoms with E-state index in [1.807, 2.05) is 18.2 Å². The number of H-pyrrole nitrogens is 1. The van der Waals surface area contributed by atoms with Crippen molar-refractivity contribution in [2.75, 3.05) is 0 Å². The molecule has 0 amide bonds. The van der Waals surface area contributed by atoms with Crippen LogP contribution in [0.15, 0.2) is 18.2 Å². The minimum atomic E-state index is 0.600. The highest BCUT2D eigenvalue weighted by Crippen LogP contribution is 2.45. The summed E-state index contributed by atoms with van der Waals surface area (Å²) in [5.41, 5.74) is 2.62. The van der Waals surface area contributed by atoms with Gasteiger partial charge in [0.05, 0.1) is 22.7 Å².